The topological polar surface area (TPSA) is 127 Å². The molecular weight excluding hydrogens is 532 g/mol. The Morgan fingerprint density at radius 3 is 2.48 bits per heavy atom. The molecule has 4 aromatic rings. The summed E-state index contributed by atoms with van der Waals surface area (Å²) in [4.78, 5) is 40.5. The van der Waals surface area contributed by atoms with E-state index in [1.54, 1.807) is 49.6 Å². The number of halogens is 1. The lowest BCUT2D eigenvalue weighted by molar-refractivity contribution is 0.102. The zero-order valence-corrected chi connectivity index (χ0v) is 22.7. The Bertz CT molecular complexity index is 1460. The number of nitrogens with one attached hydrogen (secondary N) is 2. The SMILES string of the molecule is Cc1c(OC(=O)NCCC2CCN(c3ccncc3)CC2)nn(-c2ncccn2)c1NC(=O)c1ccccc1Cl. The van der Waals surface area contributed by atoms with E-state index >= 15 is 0 Å². The molecule has 2 amide bonds. The lowest BCUT2D eigenvalue weighted by atomic mass is 9.93. The van der Waals surface area contributed by atoms with E-state index < -0.39 is 12.0 Å². The fourth-order valence-corrected chi connectivity index (χ4v) is 4.84. The zero-order chi connectivity index (χ0) is 27.9. The van der Waals surface area contributed by atoms with Gasteiger partial charge in [-0.3, -0.25) is 9.78 Å². The van der Waals surface area contributed by atoms with E-state index in [0.29, 0.717) is 23.0 Å². The summed E-state index contributed by atoms with van der Waals surface area (Å²) >= 11 is 6.21. The van der Waals surface area contributed by atoms with Gasteiger partial charge in [0.1, 0.15) is 5.82 Å². The normalized spacial score (nSPS) is 13.6. The first kappa shape index (κ1) is 27.1. The molecule has 206 valence electrons. The van der Waals surface area contributed by atoms with Crippen molar-refractivity contribution in [3.05, 3.63) is 83.4 Å². The van der Waals surface area contributed by atoms with Crippen LogP contribution in [0.4, 0.5) is 16.3 Å². The largest absolute Gasteiger partial charge is 0.414 e. The van der Waals surface area contributed by atoms with Crippen LogP contribution in [-0.2, 0) is 0 Å². The van der Waals surface area contributed by atoms with E-state index in [2.05, 4.69) is 35.6 Å². The van der Waals surface area contributed by atoms with Gasteiger partial charge in [0, 0.05) is 50.1 Å². The van der Waals surface area contributed by atoms with Crippen LogP contribution < -0.4 is 20.3 Å². The lowest BCUT2D eigenvalue weighted by Crippen LogP contribution is -2.35. The third kappa shape index (κ3) is 6.37. The van der Waals surface area contributed by atoms with Crippen LogP contribution in [0.15, 0.2) is 67.3 Å². The van der Waals surface area contributed by atoms with Crippen LogP contribution in [0.1, 0.15) is 35.2 Å². The Balaban J connectivity index is 1.20. The number of carbonyl (C=O) groups excluding carboxylic acids is 2. The summed E-state index contributed by atoms with van der Waals surface area (Å²) in [5, 5.41) is 10.3. The van der Waals surface area contributed by atoms with Crippen molar-refractivity contribution >= 4 is 35.1 Å². The molecule has 0 radical (unpaired) electrons. The van der Waals surface area contributed by atoms with Gasteiger partial charge in [0.2, 0.25) is 5.88 Å². The average molecular weight is 561 g/mol. The summed E-state index contributed by atoms with van der Waals surface area (Å²) in [6, 6.07) is 12.4. The van der Waals surface area contributed by atoms with Gasteiger partial charge in [0.15, 0.2) is 0 Å². The van der Waals surface area contributed by atoms with Gasteiger partial charge < -0.3 is 20.3 Å². The summed E-state index contributed by atoms with van der Waals surface area (Å²) in [7, 11) is 0. The third-order valence-electron chi connectivity index (χ3n) is 6.82. The maximum absolute atomic E-state index is 13.0. The number of nitrogens with zero attached hydrogens (tertiary/aromatic N) is 6. The van der Waals surface area contributed by atoms with Crippen LogP contribution in [0.5, 0.6) is 5.88 Å². The molecule has 0 atom stereocenters. The van der Waals surface area contributed by atoms with Gasteiger partial charge in [-0.15, -0.1) is 5.10 Å². The van der Waals surface area contributed by atoms with Crippen molar-refractivity contribution in [3.63, 3.8) is 0 Å². The maximum atomic E-state index is 13.0. The number of ether oxygens (including phenoxy) is 1. The van der Waals surface area contributed by atoms with E-state index in [9.17, 15) is 9.59 Å². The molecule has 1 aliphatic rings. The fourth-order valence-electron chi connectivity index (χ4n) is 4.62. The summed E-state index contributed by atoms with van der Waals surface area (Å²) in [6.07, 6.45) is 9.04. The van der Waals surface area contributed by atoms with Gasteiger partial charge in [0.25, 0.3) is 11.9 Å². The lowest BCUT2D eigenvalue weighted by Gasteiger charge is -2.33. The molecule has 0 saturated carbocycles. The zero-order valence-electron chi connectivity index (χ0n) is 22.0. The molecule has 1 fully saturated rings. The van der Waals surface area contributed by atoms with Crippen LogP contribution >= 0.6 is 11.6 Å². The summed E-state index contributed by atoms with van der Waals surface area (Å²) in [6.45, 7) is 4.12. The molecule has 12 heteroatoms. The molecule has 40 heavy (non-hydrogen) atoms. The smallest absolute Gasteiger partial charge is 0.389 e. The van der Waals surface area contributed by atoms with Crippen LogP contribution in [0.25, 0.3) is 5.95 Å². The Kier molecular flexibility index (Phi) is 8.50. The van der Waals surface area contributed by atoms with Crippen molar-refractivity contribution < 1.29 is 14.3 Å². The Hall–Kier alpha value is -4.51. The molecule has 2 N–H and O–H groups in total. The monoisotopic (exact) mass is 560 g/mol. The summed E-state index contributed by atoms with van der Waals surface area (Å²) < 4.78 is 6.86. The second-order valence-electron chi connectivity index (χ2n) is 9.41. The minimum Gasteiger partial charge on any atom is -0.389 e. The predicted molar refractivity (Wildman–Crippen MR) is 151 cm³/mol. The first-order valence-electron chi connectivity index (χ1n) is 13.0. The number of hydrogen-bond donors (Lipinski definition) is 2. The van der Waals surface area contributed by atoms with Crippen molar-refractivity contribution in [2.45, 2.75) is 26.2 Å². The quantitative estimate of drug-likeness (QED) is 0.318. The second kappa shape index (κ2) is 12.6. The van der Waals surface area contributed by atoms with E-state index in [0.717, 1.165) is 32.4 Å². The van der Waals surface area contributed by atoms with Gasteiger partial charge in [-0.2, -0.15) is 4.68 Å². The molecule has 0 aliphatic carbocycles. The van der Waals surface area contributed by atoms with Gasteiger partial charge in [-0.25, -0.2) is 14.8 Å². The van der Waals surface area contributed by atoms with Crippen LogP contribution in [0.2, 0.25) is 5.02 Å². The standard InChI is InChI=1S/C28H29ClN8O3/c1-19-24(34-25(38)22-5-2-3-6-23(22)29)37(27-31-12-4-13-32-27)35-26(19)40-28(39)33-16-7-20-10-17-36(18-11-20)21-8-14-30-15-9-21/h2-6,8-9,12-15,20H,7,10-11,16-18H2,1H3,(H,33,39)(H,34,38). The molecule has 0 unspecified atom stereocenters. The Morgan fingerprint density at radius 1 is 1.02 bits per heavy atom. The number of aromatic nitrogens is 5. The molecule has 0 bridgehead atoms. The van der Waals surface area contributed by atoms with Crippen LogP contribution in [-0.4, -0.2) is 56.4 Å². The van der Waals surface area contributed by atoms with E-state index in [1.165, 1.54) is 10.4 Å². The summed E-state index contributed by atoms with van der Waals surface area (Å²) in [5.74, 6) is 0.566. The van der Waals surface area contributed by atoms with E-state index in [1.807, 2.05) is 24.5 Å². The van der Waals surface area contributed by atoms with Crippen molar-refractivity contribution in [1.82, 2.24) is 30.0 Å². The van der Waals surface area contributed by atoms with Gasteiger partial charge in [-0.05, 0) is 62.4 Å². The number of benzene rings is 1. The number of pyridine rings is 1. The fraction of sp³-hybridized carbons (Fsp3) is 0.286. The van der Waals surface area contributed by atoms with Crippen molar-refractivity contribution in [2.75, 3.05) is 29.9 Å². The van der Waals surface area contributed by atoms with Crippen LogP contribution in [0, 0.1) is 12.8 Å². The van der Waals surface area contributed by atoms with Gasteiger partial charge in [0.05, 0.1) is 16.1 Å². The third-order valence-corrected chi connectivity index (χ3v) is 7.15. The number of hydrogen-bond acceptors (Lipinski definition) is 8. The highest BCUT2D eigenvalue weighted by atomic mass is 35.5. The first-order chi connectivity index (χ1) is 19.5. The molecule has 4 heterocycles. The van der Waals surface area contributed by atoms with Crippen molar-refractivity contribution in [2.24, 2.45) is 5.92 Å². The van der Waals surface area contributed by atoms with Crippen molar-refractivity contribution in [3.8, 4) is 11.8 Å². The number of carbonyl (C=O) groups is 2. The van der Waals surface area contributed by atoms with E-state index in [4.69, 9.17) is 16.3 Å². The van der Waals surface area contributed by atoms with E-state index in [-0.39, 0.29) is 23.2 Å². The predicted octanol–water partition coefficient (Wildman–Crippen LogP) is 4.67. The Labute approximate surface area is 236 Å². The molecular formula is C28H29ClN8O3. The van der Waals surface area contributed by atoms with Crippen molar-refractivity contribution in [1.29, 1.82) is 0 Å². The highest BCUT2D eigenvalue weighted by Crippen LogP contribution is 2.29. The molecule has 3 aromatic heterocycles. The first-order valence-corrected chi connectivity index (χ1v) is 13.4. The Morgan fingerprint density at radius 2 is 1.75 bits per heavy atom. The van der Waals surface area contributed by atoms with Gasteiger partial charge in [-0.1, -0.05) is 23.7 Å². The minimum atomic E-state index is -0.625. The van der Waals surface area contributed by atoms with Crippen LogP contribution in [0.3, 0.4) is 0 Å². The number of piperidine rings is 1. The molecule has 5 rings (SSSR count). The summed E-state index contributed by atoms with van der Waals surface area (Å²) in [5.41, 5.74) is 1.91. The average Bonchev–Trinajstić information content (AvgIpc) is 3.28. The molecule has 0 spiro atoms. The highest BCUT2D eigenvalue weighted by Gasteiger charge is 2.24. The highest BCUT2D eigenvalue weighted by molar-refractivity contribution is 6.34. The number of anilines is 2. The maximum Gasteiger partial charge on any atom is 0.414 e. The minimum absolute atomic E-state index is 0.0325. The molecule has 1 aromatic carbocycles. The molecule has 1 aliphatic heterocycles. The molecule has 1 saturated heterocycles. The molecule has 11 nitrogen and oxygen atoms in total. The number of rotatable bonds is 8. The van der Waals surface area contributed by atoms with Gasteiger partial charge >= 0.3 is 6.09 Å². The number of amides is 2. The second-order valence-corrected chi connectivity index (χ2v) is 9.82.